The van der Waals surface area contributed by atoms with E-state index in [1.165, 1.54) is 33.5 Å². The summed E-state index contributed by atoms with van der Waals surface area (Å²) in [5, 5.41) is 0. The maximum absolute atomic E-state index is 13.0. The molecule has 2 atom stereocenters. The van der Waals surface area contributed by atoms with Crippen LogP contribution in [-0.4, -0.2) is 55.9 Å². The van der Waals surface area contributed by atoms with Gasteiger partial charge in [0.1, 0.15) is 0 Å². The van der Waals surface area contributed by atoms with Crippen LogP contribution in [0.2, 0.25) is 0 Å². The van der Waals surface area contributed by atoms with Crippen molar-refractivity contribution in [1.82, 2.24) is 9.21 Å². The molecule has 2 heterocycles. The Morgan fingerprint density at radius 2 is 1.68 bits per heavy atom. The Kier molecular flexibility index (Phi) is 6.05. The molecule has 156 valence electrons. The molecule has 0 unspecified atom stereocenters. The van der Waals surface area contributed by atoms with Crippen LogP contribution in [-0.2, 0) is 10.0 Å². The number of alkyl halides is 3. The molecule has 0 spiro atoms. The van der Waals surface area contributed by atoms with E-state index in [1.54, 1.807) is 0 Å². The van der Waals surface area contributed by atoms with Crippen molar-refractivity contribution in [3.8, 4) is 0 Å². The number of sulfonamides is 1. The van der Waals surface area contributed by atoms with Gasteiger partial charge in [0.25, 0.3) is 5.91 Å². The zero-order valence-electron chi connectivity index (χ0n) is 15.8. The van der Waals surface area contributed by atoms with Gasteiger partial charge in [0.15, 0.2) is 0 Å². The highest BCUT2D eigenvalue weighted by Crippen LogP contribution is 2.33. The van der Waals surface area contributed by atoms with Crippen LogP contribution in [0.15, 0.2) is 29.2 Å². The number of hydrogen-bond donors (Lipinski definition) is 0. The average Bonchev–Trinajstić information content (AvgIpc) is 2.67. The number of carbonyl (C=O) groups is 1. The van der Waals surface area contributed by atoms with Crippen LogP contribution in [0.3, 0.4) is 0 Å². The summed E-state index contributed by atoms with van der Waals surface area (Å²) >= 11 is 0. The van der Waals surface area contributed by atoms with Crippen LogP contribution in [0.5, 0.6) is 0 Å². The van der Waals surface area contributed by atoms with E-state index < -0.39 is 28.0 Å². The molecule has 0 saturated carbocycles. The first kappa shape index (κ1) is 21.1. The van der Waals surface area contributed by atoms with E-state index in [0.717, 1.165) is 12.8 Å². The minimum atomic E-state index is -4.32. The van der Waals surface area contributed by atoms with Crippen molar-refractivity contribution in [2.75, 3.05) is 26.2 Å². The van der Waals surface area contributed by atoms with E-state index in [2.05, 4.69) is 0 Å². The predicted octanol–water partition coefficient (Wildman–Crippen LogP) is 3.52. The Morgan fingerprint density at radius 1 is 1.04 bits per heavy atom. The molecule has 1 aromatic carbocycles. The topological polar surface area (TPSA) is 57.7 Å². The van der Waals surface area contributed by atoms with Crippen molar-refractivity contribution in [3.63, 3.8) is 0 Å². The summed E-state index contributed by atoms with van der Waals surface area (Å²) in [7, 11) is -3.63. The van der Waals surface area contributed by atoms with Gasteiger partial charge in [0.2, 0.25) is 10.0 Å². The monoisotopic (exact) mass is 418 g/mol. The van der Waals surface area contributed by atoms with Gasteiger partial charge in [0.05, 0.1) is 10.8 Å². The van der Waals surface area contributed by atoms with Crippen molar-refractivity contribution < 1.29 is 26.4 Å². The fraction of sp³-hybridized carbons (Fsp3) is 0.632. The van der Waals surface area contributed by atoms with Crippen molar-refractivity contribution in [3.05, 3.63) is 29.8 Å². The lowest BCUT2D eigenvalue weighted by molar-refractivity contribution is -0.184. The third-order valence-electron chi connectivity index (χ3n) is 5.53. The predicted molar refractivity (Wildman–Crippen MR) is 98.3 cm³/mol. The smallest absolute Gasteiger partial charge is 0.338 e. The standard InChI is InChI=1S/C19H25F3N2O3S/c1-14-4-2-11-24(12-14)28(26,27)17-8-6-15(7-9-17)18(25)23-10-3-5-16(13-23)19(20,21)22/h6-9,14,16H,2-5,10-13H2,1H3/t14-,16+/m0/s1. The number of rotatable bonds is 3. The third-order valence-corrected chi connectivity index (χ3v) is 7.41. The first-order valence-corrected chi connectivity index (χ1v) is 11.0. The maximum atomic E-state index is 13.0. The van der Waals surface area contributed by atoms with Gasteiger partial charge in [0, 0.05) is 31.7 Å². The molecule has 2 aliphatic heterocycles. The third kappa shape index (κ3) is 4.51. The SMILES string of the molecule is C[C@H]1CCCN(S(=O)(=O)c2ccc(C(=O)N3CCC[C@@H](C(F)(F)F)C3)cc2)C1. The molecule has 1 amide bonds. The highest BCUT2D eigenvalue weighted by Gasteiger charge is 2.42. The van der Waals surface area contributed by atoms with Gasteiger partial charge in [-0.05, 0) is 55.9 Å². The molecule has 5 nitrogen and oxygen atoms in total. The van der Waals surface area contributed by atoms with Crippen molar-refractivity contribution in [2.24, 2.45) is 11.8 Å². The highest BCUT2D eigenvalue weighted by atomic mass is 32.2. The van der Waals surface area contributed by atoms with E-state index >= 15 is 0 Å². The summed E-state index contributed by atoms with van der Waals surface area (Å²) in [4.78, 5) is 13.9. The molecule has 2 fully saturated rings. The molecule has 1 aromatic rings. The van der Waals surface area contributed by atoms with E-state index in [1.807, 2.05) is 6.92 Å². The summed E-state index contributed by atoms with van der Waals surface area (Å²) in [6.45, 7) is 2.87. The van der Waals surface area contributed by atoms with Crippen molar-refractivity contribution in [2.45, 2.75) is 43.7 Å². The number of hydrogen-bond acceptors (Lipinski definition) is 3. The number of amides is 1. The molecule has 2 aliphatic rings. The van der Waals surface area contributed by atoms with Gasteiger partial charge >= 0.3 is 6.18 Å². The van der Waals surface area contributed by atoms with Crippen LogP contribution in [0.25, 0.3) is 0 Å². The molecule has 2 saturated heterocycles. The Labute approximate surface area is 163 Å². The number of piperidine rings is 2. The van der Waals surface area contributed by atoms with Crippen molar-refractivity contribution >= 4 is 15.9 Å². The Balaban J connectivity index is 1.72. The van der Waals surface area contributed by atoms with E-state index in [9.17, 15) is 26.4 Å². The molecular formula is C19H25F3N2O3S. The van der Waals surface area contributed by atoms with E-state index in [4.69, 9.17) is 0 Å². The number of benzene rings is 1. The minimum Gasteiger partial charge on any atom is -0.338 e. The molecule has 3 rings (SSSR count). The van der Waals surface area contributed by atoms with Gasteiger partial charge in [-0.1, -0.05) is 6.92 Å². The second-order valence-electron chi connectivity index (χ2n) is 7.77. The van der Waals surface area contributed by atoms with Crippen molar-refractivity contribution in [1.29, 1.82) is 0 Å². The molecule has 0 bridgehead atoms. The number of nitrogens with zero attached hydrogens (tertiary/aromatic N) is 2. The molecular weight excluding hydrogens is 393 g/mol. The van der Waals surface area contributed by atoms with Crippen LogP contribution in [0.1, 0.15) is 43.0 Å². The normalized spacial score (nSPS) is 24.9. The summed E-state index contributed by atoms with van der Waals surface area (Å²) in [5.41, 5.74) is 0.203. The highest BCUT2D eigenvalue weighted by molar-refractivity contribution is 7.89. The average molecular weight is 418 g/mol. The van der Waals surface area contributed by atoms with Crippen LogP contribution in [0.4, 0.5) is 13.2 Å². The summed E-state index contributed by atoms with van der Waals surface area (Å²) in [6, 6.07) is 5.51. The first-order chi connectivity index (χ1) is 13.1. The van der Waals surface area contributed by atoms with Gasteiger partial charge in [-0.25, -0.2) is 8.42 Å². The van der Waals surface area contributed by atoms with Crippen LogP contribution < -0.4 is 0 Å². The quantitative estimate of drug-likeness (QED) is 0.755. The van der Waals surface area contributed by atoms with Gasteiger partial charge < -0.3 is 4.90 Å². The maximum Gasteiger partial charge on any atom is 0.393 e. The van der Waals surface area contributed by atoms with Gasteiger partial charge in [-0.3, -0.25) is 4.79 Å². The fourth-order valence-electron chi connectivity index (χ4n) is 3.89. The second-order valence-corrected chi connectivity index (χ2v) is 9.70. The zero-order chi connectivity index (χ0) is 20.5. The molecule has 9 heteroatoms. The van der Waals surface area contributed by atoms with Gasteiger partial charge in [-0.2, -0.15) is 17.5 Å². The molecule has 28 heavy (non-hydrogen) atoms. The van der Waals surface area contributed by atoms with Crippen LogP contribution >= 0.6 is 0 Å². The van der Waals surface area contributed by atoms with E-state index in [-0.39, 0.29) is 30.0 Å². The molecule has 0 N–H and O–H groups in total. The molecule has 0 radical (unpaired) electrons. The van der Waals surface area contributed by atoms with Crippen LogP contribution in [0, 0.1) is 11.8 Å². The minimum absolute atomic E-state index is 0.0265. The number of carbonyl (C=O) groups excluding carboxylic acids is 1. The summed E-state index contributed by atoms with van der Waals surface area (Å²) < 4.78 is 65.9. The summed E-state index contributed by atoms with van der Waals surface area (Å²) in [6.07, 6.45) is -2.18. The lowest BCUT2D eigenvalue weighted by Gasteiger charge is -2.33. The van der Waals surface area contributed by atoms with E-state index in [0.29, 0.717) is 25.4 Å². The number of likely N-dealkylation sites (tertiary alicyclic amines) is 1. The molecule has 0 aromatic heterocycles. The zero-order valence-corrected chi connectivity index (χ0v) is 16.6. The second kappa shape index (κ2) is 8.02. The Morgan fingerprint density at radius 3 is 2.29 bits per heavy atom. The van der Waals surface area contributed by atoms with Gasteiger partial charge in [-0.15, -0.1) is 0 Å². The number of halogens is 3. The lowest BCUT2D eigenvalue weighted by Crippen LogP contribution is -2.44. The lowest BCUT2D eigenvalue weighted by atomic mass is 9.97. The Hall–Kier alpha value is -1.61. The first-order valence-electron chi connectivity index (χ1n) is 9.55. The molecule has 0 aliphatic carbocycles. The largest absolute Gasteiger partial charge is 0.393 e. The Bertz CT molecular complexity index is 809. The summed E-state index contributed by atoms with van der Waals surface area (Å²) in [5.74, 6) is -1.71. The fourth-order valence-corrected chi connectivity index (χ4v) is 5.49.